The molecule has 0 radical (unpaired) electrons. The van der Waals surface area contributed by atoms with Crippen molar-refractivity contribution in [2.75, 3.05) is 13.2 Å². The Hall–Kier alpha value is -4.26. The summed E-state index contributed by atoms with van der Waals surface area (Å²) in [5.74, 6) is 0. The second-order valence-corrected chi connectivity index (χ2v) is 8.75. The summed E-state index contributed by atoms with van der Waals surface area (Å²) in [4.78, 5) is 16.8. The summed E-state index contributed by atoms with van der Waals surface area (Å²) in [5, 5.41) is 0. The molecule has 2 N–H and O–H groups in total. The van der Waals surface area contributed by atoms with E-state index in [0.29, 0.717) is 13.2 Å². The molecule has 3 aliphatic heterocycles. The third kappa shape index (κ3) is 3.89. The number of aromatic nitrogens is 4. The number of fused-ring (bicyclic) bond motifs is 8. The molecular formula is C29H22N4O2. The lowest BCUT2D eigenvalue weighted by Crippen LogP contribution is -1.97. The first-order valence-electron chi connectivity index (χ1n) is 11.7. The van der Waals surface area contributed by atoms with E-state index in [2.05, 4.69) is 88.9 Å². The minimum Gasteiger partial charge on any atom is -0.355 e. The molecule has 6 heteroatoms. The number of H-pyrrole nitrogens is 2. The number of hydrogen-bond acceptors (Lipinski definition) is 4. The van der Waals surface area contributed by atoms with Gasteiger partial charge in [-0.05, 0) is 72.3 Å². The van der Waals surface area contributed by atoms with Crippen molar-refractivity contribution in [3.05, 3.63) is 95.1 Å². The summed E-state index contributed by atoms with van der Waals surface area (Å²) in [6.07, 6.45) is 7.90. The van der Waals surface area contributed by atoms with Gasteiger partial charge in [0, 0.05) is 33.2 Å². The van der Waals surface area contributed by atoms with Crippen LogP contribution >= 0.6 is 0 Å². The van der Waals surface area contributed by atoms with Gasteiger partial charge in [0.05, 0.1) is 36.0 Å². The van der Waals surface area contributed by atoms with Gasteiger partial charge >= 0.3 is 0 Å². The molecule has 6 nitrogen and oxygen atoms in total. The van der Waals surface area contributed by atoms with Gasteiger partial charge in [-0.2, -0.15) is 0 Å². The topological polar surface area (TPSA) is 75.8 Å². The van der Waals surface area contributed by atoms with Gasteiger partial charge < -0.3 is 19.4 Å². The Kier molecular flexibility index (Phi) is 4.72. The van der Waals surface area contributed by atoms with Gasteiger partial charge in [0.15, 0.2) is 6.29 Å². The lowest BCUT2D eigenvalue weighted by molar-refractivity contribution is -0.0441. The summed E-state index contributed by atoms with van der Waals surface area (Å²) < 4.78 is 11.3. The van der Waals surface area contributed by atoms with Crippen LogP contribution < -0.4 is 0 Å². The highest BCUT2D eigenvalue weighted by atomic mass is 16.7. The molecule has 8 bridgehead atoms. The average molecular weight is 459 g/mol. The first kappa shape index (κ1) is 20.1. The standard InChI is InChI=1S/C29H22N4O2/c1-3-19(29-34-13-14-35-29)4-2-18(1)28-26-11-9-24(32-26)16-22-7-5-20(30-22)15-21-6-8-23(31-21)17-25-10-12-27(28)33-25/h1-12,15-17,29-31H,13-14H2. The van der Waals surface area contributed by atoms with Crippen molar-refractivity contribution < 1.29 is 9.47 Å². The van der Waals surface area contributed by atoms with Crippen molar-refractivity contribution in [3.63, 3.8) is 0 Å². The Morgan fingerprint density at radius 1 is 0.600 bits per heavy atom. The SMILES string of the molecule is C1=Cc2nc1cc1ccc(cc3ccc(cc4nc(c2-c2ccc(C5OCCO5)cc2)C=C4)[nH]3)[nH]1. The minimum atomic E-state index is -0.295. The summed E-state index contributed by atoms with van der Waals surface area (Å²) in [6, 6.07) is 22.8. The Bertz CT molecular complexity index is 1560. The van der Waals surface area contributed by atoms with Crippen LogP contribution in [0.4, 0.5) is 0 Å². The van der Waals surface area contributed by atoms with Crippen molar-refractivity contribution in [1.82, 2.24) is 19.9 Å². The fraction of sp³-hybridized carbons (Fsp3) is 0.103. The number of ether oxygens (including phenoxy) is 2. The van der Waals surface area contributed by atoms with Crippen molar-refractivity contribution in [2.24, 2.45) is 0 Å². The van der Waals surface area contributed by atoms with E-state index in [4.69, 9.17) is 19.4 Å². The van der Waals surface area contributed by atoms with Crippen molar-refractivity contribution in [1.29, 1.82) is 0 Å². The van der Waals surface area contributed by atoms with E-state index in [9.17, 15) is 0 Å². The van der Waals surface area contributed by atoms with Crippen LogP contribution in [0.2, 0.25) is 0 Å². The van der Waals surface area contributed by atoms with Gasteiger partial charge in [-0.25, -0.2) is 9.97 Å². The fourth-order valence-electron chi connectivity index (χ4n) is 4.66. The third-order valence-electron chi connectivity index (χ3n) is 6.31. The van der Waals surface area contributed by atoms with E-state index in [1.165, 1.54) is 0 Å². The van der Waals surface area contributed by atoms with Gasteiger partial charge in [-0.1, -0.05) is 24.3 Å². The van der Waals surface area contributed by atoms with Crippen LogP contribution in [0.25, 0.3) is 57.5 Å². The lowest BCUT2D eigenvalue weighted by Gasteiger charge is -2.11. The van der Waals surface area contributed by atoms with Crippen molar-refractivity contribution in [2.45, 2.75) is 6.29 Å². The normalized spacial score (nSPS) is 15.2. The zero-order valence-electron chi connectivity index (χ0n) is 18.9. The van der Waals surface area contributed by atoms with Gasteiger partial charge in [0.25, 0.3) is 0 Å². The van der Waals surface area contributed by atoms with E-state index in [0.717, 1.165) is 61.5 Å². The Balaban J connectivity index is 1.46. The van der Waals surface area contributed by atoms with Crippen LogP contribution in [0.1, 0.15) is 34.6 Å². The molecule has 0 aliphatic carbocycles. The first-order chi connectivity index (χ1) is 17.3. The summed E-state index contributed by atoms with van der Waals surface area (Å²) in [6.45, 7) is 1.25. The molecule has 0 atom stereocenters. The van der Waals surface area contributed by atoms with E-state index in [1.54, 1.807) is 0 Å². The molecule has 7 rings (SSSR count). The van der Waals surface area contributed by atoms with Gasteiger partial charge in [0.2, 0.25) is 0 Å². The molecule has 0 unspecified atom stereocenters. The number of hydrogen-bond donors (Lipinski definition) is 2. The van der Waals surface area contributed by atoms with Crippen LogP contribution in [0.5, 0.6) is 0 Å². The van der Waals surface area contributed by atoms with Gasteiger partial charge in [-0.15, -0.1) is 0 Å². The van der Waals surface area contributed by atoms with E-state index in [1.807, 2.05) is 12.2 Å². The maximum Gasteiger partial charge on any atom is 0.184 e. The van der Waals surface area contributed by atoms with Crippen LogP contribution in [-0.2, 0) is 9.47 Å². The second kappa shape index (κ2) is 8.20. The molecule has 3 aromatic heterocycles. The molecule has 0 saturated carbocycles. The fourth-order valence-corrected chi connectivity index (χ4v) is 4.66. The average Bonchev–Trinajstić information content (AvgIpc) is 3.69. The summed E-state index contributed by atoms with van der Waals surface area (Å²) >= 11 is 0. The molecule has 170 valence electrons. The van der Waals surface area contributed by atoms with Crippen molar-refractivity contribution >= 4 is 46.4 Å². The maximum absolute atomic E-state index is 5.66. The Morgan fingerprint density at radius 3 is 1.66 bits per heavy atom. The molecular weight excluding hydrogens is 436 g/mol. The number of nitrogens with one attached hydrogen (secondary N) is 2. The monoisotopic (exact) mass is 458 g/mol. The van der Waals surface area contributed by atoms with E-state index >= 15 is 0 Å². The van der Waals surface area contributed by atoms with Gasteiger partial charge in [-0.3, -0.25) is 0 Å². The number of nitrogens with zero attached hydrogens (tertiary/aromatic N) is 2. The molecule has 1 aromatic carbocycles. The molecule has 1 fully saturated rings. The zero-order valence-corrected chi connectivity index (χ0v) is 18.9. The lowest BCUT2D eigenvalue weighted by atomic mass is 10.0. The van der Waals surface area contributed by atoms with Crippen molar-refractivity contribution in [3.8, 4) is 11.1 Å². The summed E-state index contributed by atoms with van der Waals surface area (Å²) in [7, 11) is 0. The molecule has 1 saturated heterocycles. The molecule has 0 spiro atoms. The first-order valence-corrected chi connectivity index (χ1v) is 11.7. The maximum atomic E-state index is 5.66. The van der Waals surface area contributed by atoms with E-state index < -0.39 is 0 Å². The van der Waals surface area contributed by atoms with Crippen LogP contribution in [0.15, 0.2) is 66.7 Å². The molecule has 35 heavy (non-hydrogen) atoms. The zero-order chi connectivity index (χ0) is 23.2. The van der Waals surface area contributed by atoms with Crippen LogP contribution in [0, 0.1) is 0 Å². The number of rotatable bonds is 2. The largest absolute Gasteiger partial charge is 0.355 e. The predicted octanol–water partition coefficient (Wildman–Crippen LogP) is 6.37. The Labute approximate surface area is 201 Å². The van der Waals surface area contributed by atoms with Crippen LogP contribution in [0.3, 0.4) is 0 Å². The predicted molar refractivity (Wildman–Crippen MR) is 139 cm³/mol. The van der Waals surface area contributed by atoms with Gasteiger partial charge in [0.1, 0.15) is 0 Å². The summed E-state index contributed by atoms with van der Waals surface area (Å²) in [5.41, 5.74) is 10.7. The molecule has 0 amide bonds. The smallest absolute Gasteiger partial charge is 0.184 e. The van der Waals surface area contributed by atoms with Crippen LogP contribution in [-0.4, -0.2) is 33.1 Å². The Morgan fingerprint density at radius 2 is 1.11 bits per heavy atom. The minimum absolute atomic E-state index is 0.295. The highest BCUT2D eigenvalue weighted by molar-refractivity contribution is 5.89. The molecule has 6 heterocycles. The molecule has 3 aliphatic rings. The molecule has 4 aromatic rings. The number of benzene rings is 1. The second-order valence-electron chi connectivity index (χ2n) is 8.75. The van der Waals surface area contributed by atoms with E-state index in [-0.39, 0.29) is 6.29 Å². The highest BCUT2D eigenvalue weighted by Crippen LogP contribution is 2.33. The third-order valence-corrected chi connectivity index (χ3v) is 6.31. The number of aromatic amines is 2. The quantitative estimate of drug-likeness (QED) is 0.316. The highest BCUT2D eigenvalue weighted by Gasteiger charge is 2.19.